The maximum atomic E-state index is 13.0. The van der Waals surface area contributed by atoms with Gasteiger partial charge in [-0.1, -0.05) is 12.2 Å². The first-order valence-corrected chi connectivity index (χ1v) is 8.09. The van der Waals surface area contributed by atoms with Gasteiger partial charge in [-0.05, 0) is 31.2 Å². The average Bonchev–Trinajstić information content (AvgIpc) is 3.23. The minimum absolute atomic E-state index is 0.0925. The Balaban J connectivity index is 1.65. The van der Waals surface area contributed by atoms with Crippen molar-refractivity contribution in [2.24, 2.45) is 11.8 Å². The van der Waals surface area contributed by atoms with Crippen LogP contribution in [-0.2, 0) is 19.1 Å². The van der Waals surface area contributed by atoms with Gasteiger partial charge in [0, 0.05) is 5.69 Å². The fourth-order valence-electron chi connectivity index (χ4n) is 3.99. The lowest BCUT2D eigenvalue weighted by Crippen LogP contribution is -2.40. The molecule has 1 amide bonds. The van der Waals surface area contributed by atoms with Crippen LogP contribution >= 0.6 is 0 Å². The van der Waals surface area contributed by atoms with E-state index < -0.39 is 17.4 Å². The van der Waals surface area contributed by atoms with Gasteiger partial charge in [0.15, 0.2) is 0 Å². The molecule has 2 bridgehead atoms. The van der Waals surface area contributed by atoms with E-state index in [1.807, 2.05) is 36.4 Å². The Kier molecular flexibility index (Phi) is 3.38. The van der Waals surface area contributed by atoms with E-state index in [9.17, 15) is 9.59 Å². The van der Waals surface area contributed by atoms with Crippen molar-refractivity contribution in [1.82, 2.24) is 0 Å². The van der Waals surface area contributed by atoms with Gasteiger partial charge in [0.1, 0.15) is 17.3 Å². The predicted octanol–water partition coefficient (Wildman–Crippen LogP) is 1.54. The molecule has 0 N–H and O–H groups in total. The van der Waals surface area contributed by atoms with Crippen LogP contribution in [0.2, 0.25) is 0 Å². The molecule has 1 aromatic carbocycles. The molecule has 0 aliphatic carbocycles. The van der Waals surface area contributed by atoms with Gasteiger partial charge < -0.3 is 19.1 Å². The second-order valence-electron chi connectivity index (χ2n) is 6.27. The molecule has 6 nitrogen and oxygen atoms in total. The summed E-state index contributed by atoms with van der Waals surface area (Å²) < 4.78 is 16.4. The molecule has 1 spiro atoms. The van der Waals surface area contributed by atoms with Crippen LogP contribution in [0.25, 0.3) is 0 Å². The molecule has 0 saturated carbocycles. The lowest BCUT2D eigenvalue weighted by atomic mass is 9.77. The summed E-state index contributed by atoms with van der Waals surface area (Å²) in [5, 5.41) is 0. The Bertz CT molecular complexity index is 713. The molecule has 3 heterocycles. The van der Waals surface area contributed by atoms with E-state index in [1.54, 1.807) is 18.9 Å². The highest BCUT2D eigenvalue weighted by atomic mass is 16.6. The van der Waals surface area contributed by atoms with Crippen LogP contribution in [0.15, 0.2) is 36.4 Å². The maximum Gasteiger partial charge on any atom is 0.312 e. The van der Waals surface area contributed by atoms with Gasteiger partial charge in [-0.2, -0.15) is 0 Å². The number of hydrogen-bond acceptors (Lipinski definition) is 5. The van der Waals surface area contributed by atoms with Crippen LogP contribution in [0.1, 0.15) is 6.92 Å². The molecule has 0 aromatic heterocycles. The van der Waals surface area contributed by atoms with Gasteiger partial charge in [-0.25, -0.2) is 0 Å². The predicted molar refractivity (Wildman–Crippen MR) is 85.7 cm³/mol. The fraction of sp³-hybridized carbons (Fsp3) is 0.444. The molecule has 6 heteroatoms. The van der Waals surface area contributed by atoms with E-state index in [-0.39, 0.29) is 18.0 Å². The van der Waals surface area contributed by atoms with Gasteiger partial charge in [-0.3, -0.25) is 9.59 Å². The van der Waals surface area contributed by atoms with Crippen LogP contribution < -0.4 is 9.64 Å². The Hall–Kier alpha value is -2.34. The van der Waals surface area contributed by atoms with Crippen molar-refractivity contribution in [2.75, 3.05) is 25.2 Å². The smallest absolute Gasteiger partial charge is 0.312 e. The molecule has 4 atom stereocenters. The maximum absolute atomic E-state index is 13.0. The Morgan fingerprint density at radius 2 is 2.12 bits per heavy atom. The summed E-state index contributed by atoms with van der Waals surface area (Å²) in [6.45, 7) is 2.46. The number of benzene rings is 1. The van der Waals surface area contributed by atoms with Crippen molar-refractivity contribution in [3.63, 3.8) is 0 Å². The number of carbonyl (C=O) groups excluding carboxylic acids is 2. The topological polar surface area (TPSA) is 65.1 Å². The molecule has 4 rings (SSSR count). The highest BCUT2D eigenvalue weighted by Crippen LogP contribution is 2.52. The van der Waals surface area contributed by atoms with E-state index in [2.05, 4.69) is 0 Å². The highest BCUT2D eigenvalue weighted by Gasteiger charge is 2.67. The molecule has 3 aliphatic heterocycles. The Labute approximate surface area is 140 Å². The third-order valence-corrected chi connectivity index (χ3v) is 5.04. The molecular formula is C18H19NO5. The van der Waals surface area contributed by atoms with Crippen LogP contribution in [0.4, 0.5) is 5.69 Å². The zero-order chi connectivity index (χ0) is 16.9. The SMILES string of the molecule is CCOC(=O)C1[C@H]2C=CC3(CN(c4ccc(OC)cc4)C(=O)[C@@H]13)O2. The second-order valence-corrected chi connectivity index (χ2v) is 6.27. The summed E-state index contributed by atoms with van der Waals surface area (Å²) in [4.78, 5) is 27.0. The van der Waals surface area contributed by atoms with Crippen LogP contribution in [-0.4, -0.2) is 43.8 Å². The molecular weight excluding hydrogens is 310 g/mol. The normalized spacial score (nSPS) is 33.0. The number of fused-ring (bicyclic) bond motifs is 1. The first-order chi connectivity index (χ1) is 11.6. The van der Waals surface area contributed by atoms with Crippen molar-refractivity contribution >= 4 is 17.6 Å². The molecule has 1 aromatic rings. The summed E-state index contributed by atoms with van der Waals surface area (Å²) in [5.41, 5.74) is 0.0478. The minimum atomic E-state index is -0.723. The van der Waals surface area contributed by atoms with Crippen molar-refractivity contribution in [1.29, 1.82) is 0 Å². The van der Waals surface area contributed by atoms with Gasteiger partial charge in [0.25, 0.3) is 0 Å². The number of nitrogens with zero attached hydrogens (tertiary/aromatic N) is 1. The van der Waals surface area contributed by atoms with Crippen molar-refractivity contribution in [2.45, 2.75) is 18.6 Å². The number of ether oxygens (including phenoxy) is 3. The molecule has 2 fully saturated rings. The standard InChI is InChI=1S/C18H19NO5/c1-3-23-17(21)14-13-8-9-18(24-13)10-19(16(20)15(14)18)11-4-6-12(22-2)7-5-11/h4-9,13-15H,3,10H2,1-2H3/t13-,14?,15-,18?/m1/s1. The number of methoxy groups -OCH3 is 1. The largest absolute Gasteiger partial charge is 0.497 e. The molecule has 126 valence electrons. The summed E-state index contributed by atoms with van der Waals surface area (Å²) in [6, 6.07) is 7.30. The quantitative estimate of drug-likeness (QED) is 0.619. The number of carbonyl (C=O) groups is 2. The van der Waals surface area contributed by atoms with Gasteiger partial charge in [0.2, 0.25) is 5.91 Å². The number of amides is 1. The van der Waals surface area contributed by atoms with E-state index in [1.165, 1.54) is 0 Å². The highest BCUT2D eigenvalue weighted by molar-refractivity contribution is 6.02. The Morgan fingerprint density at radius 1 is 1.38 bits per heavy atom. The Morgan fingerprint density at radius 3 is 2.79 bits per heavy atom. The monoisotopic (exact) mass is 329 g/mol. The molecule has 24 heavy (non-hydrogen) atoms. The molecule has 2 unspecified atom stereocenters. The molecule has 3 aliphatic rings. The first kappa shape index (κ1) is 15.2. The zero-order valence-corrected chi connectivity index (χ0v) is 13.6. The van der Waals surface area contributed by atoms with Crippen molar-refractivity contribution < 1.29 is 23.8 Å². The van der Waals surface area contributed by atoms with Gasteiger partial charge in [-0.15, -0.1) is 0 Å². The third kappa shape index (κ3) is 1.99. The van der Waals surface area contributed by atoms with Crippen LogP contribution in [0.3, 0.4) is 0 Å². The minimum Gasteiger partial charge on any atom is -0.497 e. The van der Waals surface area contributed by atoms with E-state index in [4.69, 9.17) is 14.2 Å². The third-order valence-electron chi connectivity index (χ3n) is 5.04. The number of anilines is 1. The summed E-state index contributed by atoms with van der Waals surface area (Å²) in [5.74, 6) is -0.807. The van der Waals surface area contributed by atoms with E-state index in [0.717, 1.165) is 11.4 Å². The molecule has 2 saturated heterocycles. The molecule has 0 radical (unpaired) electrons. The fourth-order valence-corrected chi connectivity index (χ4v) is 3.99. The zero-order valence-electron chi connectivity index (χ0n) is 13.6. The first-order valence-electron chi connectivity index (χ1n) is 8.09. The summed E-state index contributed by atoms with van der Waals surface area (Å²) in [7, 11) is 1.60. The number of esters is 1. The van der Waals surface area contributed by atoms with E-state index >= 15 is 0 Å². The van der Waals surface area contributed by atoms with Gasteiger partial charge >= 0.3 is 5.97 Å². The number of hydrogen-bond donors (Lipinski definition) is 0. The average molecular weight is 329 g/mol. The van der Waals surface area contributed by atoms with Crippen LogP contribution in [0, 0.1) is 11.8 Å². The van der Waals surface area contributed by atoms with Crippen LogP contribution in [0.5, 0.6) is 5.75 Å². The lowest BCUT2D eigenvalue weighted by molar-refractivity contribution is -0.151. The van der Waals surface area contributed by atoms with Crippen molar-refractivity contribution in [3.8, 4) is 5.75 Å². The van der Waals surface area contributed by atoms with Gasteiger partial charge in [0.05, 0.1) is 32.3 Å². The summed E-state index contributed by atoms with van der Waals surface area (Å²) in [6.07, 6.45) is 3.44. The van der Waals surface area contributed by atoms with E-state index in [0.29, 0.717) is 13.2 Å². The second kappa shape index (κ2) is 5.34. The summed E-state index contributed by atoms with van der Waals surface area (Å²) >= 11 is 0. The number of rotatable bonds is 4. The lowest BCUT2D eigenvalue weighted by Gasteiger charge is -2.22. The van der Waals surface area contributed by atoms with Crippen molar-refractivity contribution in [3.05, 3.63) is 36.4 Å².